The van der Waals surface area contributed by atoms with Crippen molar-refractivity contribution in [3.05, 3.63) is 76.7 Å². The van der Waals surface area contributed by atoms with Gasteiger partial charge in [0.05, 0.1) is 17.0 Å². The quantitative estimate of drug-likeness (QED) is 0.434. The number of amides is 1. The molecule has 0 fully saturated rings. The van der Waals surface area contributed by atoms with Crippen LogP contribution in [0.2, 0.25) is 0 Å². The van der Waals surface area contributed by atoms with E-state index >= 15 is 0 Å². The molecule has 4 rings (SSSR count). The molecule has 1 N–H and O–H groups in total. The molecule has 1 amide bonds. The molecule has 2 heterocycles. The van der Waals surface area contributed by atoms with Crippen LogP contribution in [0.1, 0.15) is 22.4 Å². The van der Waals surface area contributed by atoms with Crippen molar-refractivity contribution < 1.29 is 9.18 Å². The van der Waals surface area contributed by atoms with Crippen LogP contribution in [-0.2, 0) is 4.79 Å². The van der Waals surface area contributed by atoms with E-state index in [4.69, 9.17) is 0 Å². The Balaban J connectivity index is 1.56. The Hall–Kier alpha value is -3.97. The SMILES string of the molecule is Cc1ccc(-n2nnnc2SCC(=O)Nc2c(C#N)c(C)c(C)n2-c2ccc(F)cc2)cc1. The first kappa shape index (κ1) is 22.2. The van der Waals surface area contributed by atoms with Crippen molar-refractivity contribution in [2.45, 2.75) is 25.9 Å². The van der Waals surface area contributed by atoms with E-state index in [1.54, 1.807) is 21.4 Å². The second kappa shape index (κ2) is 9.26. The molecule has 0 aliphatic heterocycles. The molecule has 0 unspecified atom stereocenters. The average molecular weight is 462 g/mol. The number of nitrogens with zero attached hydrogens (tertiary/aromatic N) is 6. The summed E-state index contributed by atoms with van der Waals surface area (Å²) < 4.78 is 16.7. The number of carbonyl (C=O) groups is 1. The van der Waals surface area contributed by atoms with Gasteiger partial charge in [-0.2, -0.15) is 9.94 Å². The van der Waals surface area contributed by atoms with Crippen molar-refractivity contribution in [3.63, 3.8) is 0 Å². The predicted octanol–water partition coefficient (Wildman–Crippen LogP) is 4.12. The molecule has 0 aliphatic rings. The lowest BCUT2D eigenvalue weighted by Gasteiger charge is -2.13. The minimum Gasteiger partial charge on any atom is -0.310 e. The molecule has 10 heteroatoms. The first-order chi connectivity index (χ1) is 15.9. The van der Waals surface area contributed by atoms with Crippen LogP contribution in [0.3, 0.4) is 0 Å². The Bertz CT molecular complexity index is 1350. The lowest BCUT2D eigenvalue weighted by atomic mass is 10.2. The maximum absolute atomic E-state index is 13.4. The van der Waals surface area contributed by atoms with Crippen LogP contribution >= 0.6 is 11.8 Å². The summed E-state index contributed by atoms with van der Waals surface area (Å²) in [4.78, 5) is 12.8. The van der Waals surface area contributed by atoms with Crippen molar-refractivity contribution in [2.24, 2.45) is 0 Å². The predicted molar refractivity (Wildman–Crippen MR) is 123 cm³/mol. The minimum atomic E-state index is -0.367. The molecule has 0 atom stereocenters. The number of rotatable bonds is 6. The normalized spacial score (nSPS) is 10.8. The van der Waals surface area contributed by atoms with Crippen LogP contribution in [0.4, 0.5) is 10.2 Å². The van der Waals surface area contributed by atoms with Gasteiger partial charge in [0.15, 0.2) is 0 Å². The average Bonchev–Trinajstić information content (AvgIpc) is 3.36. The number of hydrogen-bond donors (Lipinski definition) is 1. The van der Waals surface area contributed by atoms with E-state index in [1.165, 1.54) is 23.9 Å². The molecular weight excluding hydrogens is 441 g/mol. The summed E-state index contributed by atoms with van der Waals surface area (Å²) in [5.74, 6) is -0.309. The van der Waals surface area contributed by atoms with E-state index in [2.05, 4.69) is 26.9 Å². The number of nitrogens with one attached hydrogen (secondary N) is 1. The molecule has 2 aromatic carbocycles. The first-order valence-electron chi connectivity index (χ1n) is 10.0. The lowest BCUT2D eigenvalue weighted by molar-refractivity contribution is -0.113. The highest BCUT2D eigenvalue weighted by molar-refractivity contribution is 7.99. The first-order valence-corrected chi connectivity index (χ1v) is 11.0. The van der Waals surface area contributed by atoms with Crippen LogP contribution < -0.4 is 5.32 Å². The van der Waals surface area contributed by atoms with E-state index in [9.17, 15) is 14.4 Å². The van der Waals surface area contributed by atoms with E-state index < -0.39 is 0 Å². The smallest absolute Gasteiger partial charge is 0.236 e. The van der Waals surface area contributed by atoms with Gasteiger partial charge in [-0.1, -0.05) is 29.5 Å². The highest BCUT2D eigenvalue weighted by atomic mass is 32.2. The third kappa shape index (κ3) is 4.49. The zero-order chi connectivity index (χ0) is 23.5. The molecule has 0 saturated carbocycles. The van der Waals surface area contributed by atoms with E-state index in [1.807, 2.05) is 45.0 Å². The topological polar surface area (TPSA) is 101 Å². The second-order valence-corrected chi connectivity index (χ2v) is 8.35. The fourth-order valence-corrected chi connectivity index (χ4v) is 4.08. The van der Waals surface area contributed by atoms with Crippen molar-refractivity contribution in [1.29, 1.82) is 5.26 Å². The monoisotopic (exact) mass is 461 g/mol. The van der Waals surface area contributed by atoms with Crippen molar-refractivity contribution >= 4 is 23.5 Å². The van der Waals surface area contributed by atoms with Crippen molar-refractivity contribution in [2.75, 3.05) is 11.1 Å². The summed E-state index contributed by atoms with van der Waals surface area (Å²) in [7, 11) is 0. The Labute approximate surface area is 194 Å². The third-order valence-corrected chi connectivity index (χ3v) is 6.14. The van der Waals surface area contributed by atoms with Gasteiger partial charge in [-0.15, -0.1) is 5.10 Å². The van der Waals surface area contributed by atoms with Gasteiger partial charge in [0.2, 0.25) is 11.1 Å². The van der Waals surface area contributed by atoms with Gasteiger partial charge in [0, 0.05) is 11.4 Å². The van der Waals surface area contributed by atoms with Crippen LogP contribution in [0.15, 0.2) is 53.7 Å². The number of carbonyl (C=O) groups excluding carboxylic acids is 1. The number of tetrazole rings is 1. The summed E-state index contributed by atoms with van der Waals surface area (Å²) in [6, 6.07) is 15.7. The summed E-state index contributed by atoms with van der Waals surface area (Å²) in [5, 5.41) is 24.7. The Morgan fingerprint density at radius 3 is 2.42 bits per heavy atom. The summed E-state index contributed by atoms with van der Waals surface area (Å²) in [6.45, 7) is 5.65. The Kier molecular flexibility index (Phi) is 6.24. The molecule has 4 aromatic rings. The van der Waals surface area contributed by atoms with Crippen LogP contribution in [0.25, 0.3) is 11.4 Å². The summed E-state index contributed by atoms with van der Waals surface area (Å²) >= 11 is 1.18. The van der Waals surface area contributed by atoms with E-state index in [0.717, 1.165) is 22.5 Å². The number of anilines is 1. The zero-order valence-electron chi connectivity index (χ0n) is 18.2. The molecule has 166 valence electrons. The number of halogens is 1. The fourth-order valence-electron chi connectivity index (χ4n) is 3.39. The number of nitriles is 1. The van der Waals surface area contributed by atoms with E-state index in [0.29, 0.717) is 22.2 Å². The fraction of sp³-hybridized carbons (Fsp3) is 0.174. The van der Waals surface area contributed by atoms with E-state index in [-0.39, 0.29) is 17.5 Å². The molecule has 0 spiro atoms. The van der Waals surface area contributed by atoms with Gasteiger partial charge in [0.25, 0.3) is 0 Å². The summed E-state index contributed by atoms with van der Waals surface area (Å²) in [5.41, 5.74) is 4.43. The van der Waals surface area contributed by atoms with Gasteiger partial charge in [0.1, 0.15) is 17.7 Å². The van der Waals surface area contributed by atoms with Gasteiger partial charge in [-0.05, 0) is 73.2 Å². The zero-order valence-corrected chi connectivity index (χ0v) is 19.0. The van der Waals surface area contributed by atoms with Gasteiger partial charge in [-0.3, -0.25) is 9.36 Å². The van der Waals surface area contributed by atoms with Crippen LogP contribution in [-0.4, -0.2) is 36.4 Å². The Morgan fingerprint density at radius 1 is 1.09 bits per heavy atom. The van der Waals surface area contributed by atoms with Crippen LogP contribution in [0.5, 0.6) is 0 Å². The molecule has 0 radical (unpaired) electrons. The maximum atomic E-state index is 13.4. The molecule has 33 heavy (non-hydrogen) atoms. The second-order valence-electron chi connectivity index (χ2n) is 7.40. The van der Waals surface area contributed by atoms with Crippen molar-refractivity contribution in [3.8, 4) is 17.4 Å². The minimum absolute atomic E-state index is 0.0315. The number of hydrogen-bond acceptors (Lipinski definition) is 6. The molecule has 0 saturated heterocycles. The summed E-state index contributed by atoms with van der Waals surface area (Å²) in [6.07, 6.45) is 0. The molecule has 0 bridgehead atoms. The third-order valence-electron chi connectivity index (χ3n) is 5.22. The van der Waals surface area contributed by atoms with Crippen molar-refractivity contribution in [1.82, 2.24) is 24.8 Å². The molecular formula is C23H20FN7OS. The molecule has 2 aromatic heterocycles. The number of aromatic nitrogens is 5. The number of thioether (sulfide) groups is 1. The number of benzene rings is 2. The largest absolute Gasteiger partial charge is 0.310 e. The van der Waals surface area contributed by atoms with Gasteiger partial charge >= 0.3 is 0 Å². The Morgan fingerprint density at radius 2 is 1.76 bits per heavy atom. The van der Waals surface area contributed by atoms with Gasteiger partial charge in [-0.25, -0.2) is 4.39 Å². The lowest BCUT2D eigenvalue weighted by Crippen LogP contribution is -2.18. The molecule has 8 nitrogen and oxygen atoms in total. The maximum Gasteiger partial charge on any atom is 0.236 e. The standard InChI is InChI=1S/C23H20FN7OS/c1-14-4-8-19(9-5-14)31-23(27-28-29-31)33-13-21(32)26-22-20(12-25)15(2)16(3)30(22)18-10-6-17(24)7-11-18/h4-11H,13H2,1-3H3,(H,26,32). The number of aryl methyl sites for hydroxylation is 1. The van der Waals surface area contributed by atoms with Crippen LogP contribution in [0, 0.1) is 37.9 Å². The molecule has 0 aliphatic carbocycles. The highest BCUT2D eigenvalue weighted by Gasteiger charge is 2.21. The highest BCUT2D eigenvalue weighted by Crippen LogP contribution is 2.30. The van der Waals surface area contributed by atoms with Gasteiger partial charge < -0.3 is 5.32 Å².